The number of nitrogen functional groups attached to an aromatic ring is 1. The standard InChI is InChI=1S/C11H12FN3.CH4O/c1-14-6-7-4-9(12)8-2-3-11(13)15-10(8)5-7;1-2/h2-5,14H,6H2,1H3,(H2,13,15);2H,1H3. The zero-order valence-corrected chi connectivity index (χ0v) is 9.87. The van der Waals surface area contributed by atoms with Crippen LogP contribution in [0, 0.1) is 5.82 Å². The van der Waals surface area contributed by atoms with E-state index < -0.39 is 0 Å². The average molecular weight is 237 g/mol. The van der Waals surface area contributed by atoms with Crippen LogP contribution in [0.3, 0.4) is 0 Å². The Hall–Kier alpha value is -1.72. The molecule has 0 aliphatic heterocycles. The van der Waals surface area contributed by atoms with E-state index in [1.54, 1.807) is 12.1 Å². The first-order valence-electron chi connectivity index (χ1n) is 5.14. The molecule has 5 heteroatoms. The fourth-order valence-electron chi connectivity index (χ4n) is 1.57. The van der Waals surface area contributed by atoms with Crippen molar-refractivity contribution in [3.05, 3.63) is 35.6 Å². The molecule has 4 N–H and O–H groups in total. The van der Waals surface area contributed by atoms with E-state index in [0.717, 1.165) is 12.7 Å². The molecule has 17 heavy (non-hydrogen) atoms. The van der Waals surface area contributed by atoms with E-state index in [2.05, 4.69) is 10.3 Å². The molecule has 92 valence electrons. The predicted molar refractivity (Wildman–Crippen MR) is 67.0 cm³/mol. The number of nitrogens with two attached hydrogens (primary N) is 1. The van der Waals surface area contributed by atoms with E-state index >= 15 is 0 Å². The molecule has 0 saturated heterocycles. The Morgan fingerprint density at radius 2 is 2.06 bits per heavy atom. The van der Waals surface area contributed by atoms with E-state index in [0.29, 0.717) is 23.3 Å². The van der Waals surface area contributed by atoms with Gasteiger partial charge in [0.1, 0.15) is 11.6 Å². The number of halogens is 1. The van der Waals surface area contributed by atoms with E-state index in [1.165, 1.54) is 6.07 Å². The first kappa shape index (κ1) is 13.3. The van der Waals surface area contributed by atoms with Crippen LogP contribution in [0.2, 0.25) is 0 Å². The summed E-state index contributed by atoms with van der Waals surface area (Å²) in [4.78, 5) is 4.09. The smallest absolute Gasteiger partial charge is 0.132 e. The van der Waals surface area contributed by atoms with Crippen molar-refractivity contribution in [3.63, 3.8) is 0 Å². The molecule has 1 aromatic heterocycles. The Bertz CT molecular complexity index is 502. The highest BCUT2D eigenvalue weighted by molar-refractivity contribution is 5.81. The van der Waals surface area contributed by atoms with Gasteiger partial charge in [-0.1, -0.05) is 0 Å². The van der Waals surface area contributed by atoms with Gasteiger partial charge in [0.25, 0.3) is 0 Å². The Morgan fingerprint density at radius 1 is 1.35 bits per heavy atom. The summed E-state index contributed by atoms with van der Waals surface area (Å²) < 4.78 is 13.6. The molecule has 0 aliphatic carbocycles. The number of hydrogen-bond acceptors (Lipinski definition) is 4. The minimum Gasteiger partial charge on any atom is -0.400 e. The lowest BCUT2D eigenvalue weighted by Gasteiger charge is -2.04. The summed E-state index contributed by atoms with van der Waals surface area (Å²) in [6.45, 7) is 0.614. The Morgan fingerprint density at radius 3 is 2.71 bits per heavy atom. The quantitative estimate of drug-likeness (QED) is 0.736. The van der Waals surface area contributed by atoms with Gasteiger partial charge in [-0.15, -0.1) is 0 Å². The highest BCUT2D eigenvalue weighted by atomic mass is 19.1. The first-order chi connectivity index (χ1) is 8.20. The van der Waals surface area contributed by atoms with Gasteiger partial charge >= 0.3 is 0 Å². The lowest BCUT2D eigenvalue weighted by Crippen LogP contribution is -2.05. The van der Waals surface area contributed by atoms with E-state index in [9.17, 15) is 4.39 Å². The summed E-state index contributed by atoms with van der Waals surface area (Å²) in [5, 5.41) is 10.5. The van der Waals surface area contributed by atoms with Crippen LogP contribution in [-0.2, 0) is 6.54 Å². The lowest BCUT2D eigenvalue weighted by molar-refractivity contribution is 0.399. The second-order valence-electron chi connectivity index (χ2n) is 3.41. The summed E-state index contributed by atoms with van der Waals surface area (Å²) in [6, 6.07) is 6.60. The van der Waals surface area contributed by atoms with Crippen LogP contribution in [0.1, 0.15) is 5.56 Å². The number of nitrogens with zero attached hydrogens (tertiary/aromatic N) is 1. The molecule has 0 radical (unpaired) electrons. The summed E-state index contributed by atoms with van der Waals surface area (Å²) in [7, 11) is 2.81. The maximum atomic E-state index is 13.6. The van der Waals surface area contributed by atoms with Crippen LogP contribution in [0.15, 0.2) is 24.3 Å². The fraction of sp³-hybridized carbons (Fsp3) is 0.250. The predicted octanol–water partition coefficient (Wildman–Crippen LogP) is 1.28. The number of anilines is 1. The van der Waals surface area contributed by atoms with Crippen LogP contribution in [-0.4, -0.2) is 24.2 Å². The number of hydrogen-bond donors (Lipinski definition) is 3. The maximum absolute atomic E-state index is 13.6. The average Bonchev–Trinajstić information content (AvgIpc) is 2.31. The molecule has 0 bridgehead atoms. The number of nitrogens with one attached hydrogen (secondary N) is 1. The van der Waals surface area contributed by atoms with Crippen LogP contribution >= 0.6 is 0 Å². The second kappa shape index (κ2) is 6.12. The maximum Gasteiger partial charge on any atom is 0.132 e. The summed E-state index contributed by atoms with van der Waals surface area (Å²) in [5.41, 5.74) is 7.01. The van der Waals surface area contributed by atoms with Gasteiger partial charge in [0.2, 0.25) is 0 Å². The molecular weight excluding hydrogens is 221 g/mol. The van der Waals surface area contributed by atoms with Gasteiger partial charge < -0.3 is 16.2 Å². The zero-order valence-electron chi connectivity index (χ0n) is 9.87. The monoisotopic (exact) mass is 237 g/mol. The van der Waals surface area contributed by atoms with Crippen molar-refractivity contribution in [2.75, 3.05) is 19.9 Å². The SMILES string of the molecule is CNCc1cc(F)c2ccc(N)nc2c1.CO. The molecule has 0 amide bonds. The van der Waals surface area contributed by atoms with Crippen molar-refractivity contribution >= 4 is 16.7 Å². The van der Waals surface area contributed by atoms with E-state index in [4.69, 9.17) is 10.8 Å². The summed E-state index contributed by atoms with van der Waals surface area (Å²) >= 11 is 0. The molecule has 0 saturated carbocycles. The molecule has 1 aromatic carbocycles. The molecule has 0 aliphatic rings. The van der Waals surface area contributed by atoms with Crippen LogP contribution in [0.5, 0.6) is 0 Å². The van der Waals surface area contributed by atoms with Crippen LogP contribution in [0.25, 0.3) is 10.9 Å². The van der Waals surface area contributed by atoms with Gasteiger partial charge in [0.15, 0.2) is 0 Å². The fourth-order valence-corrected chi connectivity index (χ4v) is 1.57. The van der Waals surface area contributed by atoms with Crippen molar-refractivity contribution in [1.82, 2.24) is 10.3 Å². The second-order valence-corrected chi connectivity index (χ2v) is 3.41. The molecular formula is C12H16FN3O. The van der Waals surface area contributed by atoms with Crippen LogP contribution < -0.4 is 11.1 Å². The number of aliphatic hydroxyl groups is 1. The molecule has 0 fully saturated rings. The van der Waals surface area contributed by atoms with E-state index in [1.807, 2.05) is 13.1 Å². The summed E-state index contributed by atoms with van der Waals surface area (Å²) in [6.07, 6.45) is 0. The van der Waals surface area contributed by atoms with Crippen molar-refractivity contribution < 1.29 is 9.50 Å². The zero-order chi connectivity index (χ0) is 12.8. The number of rotatable bonds is 2. The van der Waals surface area contributed by atoms with Crippen molar-refractivity contribution in [1.29, 1.82) is 0 Å². The highest BCUT2D eigenvalue weighted by Gasteiger charge is 2.04. The molecule has 1 heterocycles. The van der Waals surface area contributed by atoms with Gasteiger partial charge in [0, 0.05) is 19.0 Å². The summed E-state index contributed by atoms with van der Waals surface area (Å²) in [5.74, 6) is 0.147. The van der Waals surface area contributed by atoms with Crippen molar-refractivity contribution in [2.45, 2.75) is 6.54 Å². The van der Waals surface area contributed by atoms with Crippen LogP contribution in [0.4, 0.5) is 10.2 Å². The molecule has 0 spiro atoms. The number of benzene rings is 1. The third kappa shape index (κ3) is 3.12. The third-order valence-corrected chi connectivity index (χ3v) is 2.22. The van der Waals surface area contributed by atoms with Gasteiger partial charge in [-0.2, -0.15) is 0 Å². The van der Waals surface area contributed by atoms with E-state index in [-0.39, 0.29) is 5.82 Å². The van der Waals surface area contributed by atoms with Gasteiger partial charge in [-0.3, -0.25) is 0 Å². The Kier molecular flexibility index (Phi) is 4.81. The Balaban J connectivity index is 0.000000686. The number of pyridine rings is 1. The molecule has 2 rings (SSSR count). The normalized spacial score (nSPS) is 9.88. The first-order valence-corrected chi connectivity index (χ1v) is 5.14. The number of fused-ring (bicyclic) bond motifs is 1. The molecule has 4 nitrogen and oxygen atoms in total. The Labute approximate surface area is 99.3 Å². The van der Waals surface area contributed by atoms with Crippen molar-refractivity contribution in [3.8, 4) is 0 Å². The number of aromatic nitrogens is 1. The topological polar surface area (TPSA) is 71.2 Å². The number of aliphatic hydroxyl groups excluding tert-OH is 1. The van der Waals surface area contributed by atoms with Gasteiger partial charge in [-0.25, -0.2) is 9.37 Å². The lowest BCUT2D eigenvalue weighted by atomic mass is 10.1. The highest BCUT2D eigenvalue weighted by Crippen LogP contribution is 2.19. The molecule has 0 unspecified atom stereocenters. The van der Waals surface area contributed by atoms with Gasteiger partial charge in [-0.05, 0) is 36.9 Å². The minimum absolute atomic E-state index is 0.259. The molecule has 2 aromatic rings. The molecule has 0 atom stereocenters. The van der Waals surface area contributed by atoms with Crippen molar-refractivity contribution in [2.24, 2.45) is 0 Å². The minimum atomic E-state index is -0.259. The third-order valence-electron chi connectivity index (χ3n) is 2.22. The largest absolute Gasteiger partial charge is 0.400 e. The van der Waals surface area contributed by atoms with Gasteiger partial charge in [0.05, 0.1) is 5.52 Å².